The quantitative estimate of drug-likeness (QED) is 0.655. The highest BCUT2D eigenvalue weighted by Gasteiger charge is 2.23. The Kier molecular flexibility index (Phi) is 5.84. The van der Waals surface area contributed by atoms with Crippen molar-refractivity contribution in [1.82, 2.24) is 10.0 Å². The second-order valence-electron chi connectivity index (χ2n) is 4.10. The zero-order valence-corrected chi connectivity index (χ0v) is 12.4. The number of rotatable bonds is 4. The Hall–Kier alpha value is -1.95. The molecule has 21 heavy (non-hydrogen) atoms. The molecular weight excluding hydrogens is 297 g/mol. The molecule has 0 saturated heterocycles. The van der Waals surface area contributed by atoms with E-state index in [0.717, 1.165) is 18.2 Å². The molecule has 6 nitrogen and oxygen atoms in total. The summed E-state index contributed by atoms with van der Waals surface area (Å²) in [6.45, 7) is 1.41. The number of carbonyl (C=O) groups excluding carboxylic acids is 1. The van der Waals surface area contributed by atoms with Gasteiger partial charge in [0.25, 0.3) is 0 Å². The van der Waals surface area contributed by atoms with Crippen LogP contribution in [0.2, 0.25) is 0 Å². The van der Waals surface area contributed by atoms with E-state index < -0.39 is 27.8 Å². The predicted octanol–water partition coefficient (Wildman–Crippen LogP) is -0.451. The van der Waals surface area contributed by atoms with Crippen LogP contribution in [0.15, 0.2) is 23.1 Å². The lowest BCUT2D eigenvalue weighted by Gasteiger charge is -2.13. The summed E-state index contributed by atoms with van der Waals surface area (Å²) < 4.78 is 39.9. The van der Waals surface area contributed by atoms with Crippen molar-refractivity contribution >= 4 is 15.9 Å². The predicted molar refractivity (Wildman–Crippen MR) is 76.2 cm³/mol. The number of hydrogen-bond donors (Lipinski definition) is 3. The van der Waals surface area contributed by atoms with Crippen molar-refractivity contribution in [2.45, 2.75) is 17.9 Å². The molecule has 0 heterocycles. The van der Waals surface area contributed by atoms with Crippen LogP contribution < -0.4 is 15.8 Å². The fourth-order valence-corrected chi connectivity index (χ4v) is 2.89. The highest BCUT2D eigenvalue weighted by molar-refractivity contribution is 7.89. The van der Waals surface area contributed by atoms with Crippen molar-refractivity contribution in [2.75, 3.05) is 13.6 Å². The highest BCUT2D eigenvalue weighted by atomic mass is 32.2. The van der Waals surface area contributed by atoms with E-state index in [0.29, 0.717) is 0 Å². The number of likely N-dealkylation sites (N-methyl/N-ethyl adjacent to an activating group) is 1. The Morgan fingerprint density at radius 3 is 2.71 bits per heavy atom. The minimum absolute atomic E-state index is 0.0120. The maximum Gasteiger partial charge on any atom is 0.242 e. The Morgan fingerprint density at radius 2 is 2.14 bits per heavy atom. The van der Waals surface area contributed by atoms with E-state index >= 15 is 0 Å². The molecule has 114 valence electrons. The molecule has 0 aliphatic heterocycles. The Balaban J connectivity index is 3.22. The van der Waals surface area contributed by atoms with Crippen LogP contribution in [-0.2, 0) is 14.8 Å². The largest absolute Gasteiger partial charge is 0.358 e. The molecule has 0 spiro atoms. The summed E-state index contributed by atoms with van der Waals surface area (Å²) in [4.78, 5) is 11.2. The third-order valence-electron chi connectivity index (χ3n) is 2.53. The van der Waals surface area contributed by atoms with E-state index in [2.05, 4.69) is 21.9 Å². The molecule has 1 atom stereocenters. The second kappa shape index (κ2) is 7.17. The molecule has 4 N–H and O–H groups in total. The van der Waals surface area contributed by atoms with Crippen LogP contribution in [0, 0.1) is 17.7 Å². The van der Waals surface area contributed by atoms with Crippen molar-refractivity contribution in [1.29, 1.82) is 0 Å². The average molecular weight is 313 g/mol. The highest BCUT2D eigenvalue weighted by Crippen LogP contribution is 2.16. The van der Waals surface area contributed by atoms with Gasteiger partial charge in [0.05, 0.1) is 17.5 Å². The number of nitrogens with two attached hydrogens (primary N) is 1. The van der Waals surface area contributed by atoms with Crippen LogP contribution in [0.25, 0.3) is 0 Å². The van der Waals surface area contributed by atoms with Gasteiger partial charge in [-0.25, -0.2) is 12.8 Å². The van der Waals surface area contributed by atoms with Crippen molar-refractivity contribution in [2.24, 2.45) is 5.73 Å². The summed E-state index contributed by atoms with van der Waals surface area (Å²) in [6.07, 6.45) is 0. The molecule has 8 heteroatoms. The van der Waals surface area contributed by atoms with Gasteiger partial charge in [-0.2, -0.15) is 4.72 Å². The van der Waals surface area contributed by atoms with E-state index in [1.54, 1.807) is 0 Å². The first kappa shape index (κ1) is 17.1. The van der Waals surface area contributed by atoms with Gasteiger partial charge in [-0.15, -0.1) is 0 Å². The lowest BCUT2D eigenvalue weighted by molar-refractivity contribution is -0.121. The van der Waals surface area contributed by atoms with E-state index in [-0.39, 0.29) is 17.0 Å². The van der Waals surface area contributed by atoms with Crippen LogP contribution in [0.3, 0.4) is 0 Å². The van der Waals surface area contributed by atoms with Gasteiger partial charge in [0, 0.05) is 12.6 Å². The smallest absolute Gasteiger partial charge is 0.242 e. The monoisotopic (exact) mass is 313 g/mol. The summed E-state index contributed by atoms with van der Waals surface area (Å²) in [5, 5.41) is 2.33. The fraction of sp³-hybridized carbons (Fsp3) is 0.308. The molecule has 1 rings (SSSR count). The molecular formula is C13H16FN3O3S. The maximum atomic E-state index is 13.2. The van der Waals surface area contributed by atoms with E-state index in [1.165, 1.54) is 14.0 Å². The molecule has 0 bridgehead atoms. The summed E-state index contributed by atoms with van der Waals surface area (Å²) >= 11 is 0. The number of amides is 1. The minimum atomic E-state index is -4.01. The first-order valence-corrected chi connectivity index (χ1v) is 7.52. The van der Waals surface area contributed by atoms with Crippen LogP contribution in [0.1, 0.15) is 12.5 Å². The lowest BCUT2D eigenvalue weighted by atomic mass is 10.2. The number of sulfonamides is 1. The second-order valence-corrected chi connectivity index (χ2v) is 5.79. The van der Waals surface area contributed by atoms with Crippen molar-refractivity contribution < 1.29 is 17.6 Å². The zero-order chi connectivity index (χ0) is 16.0. The summed E-state index contributed by atoms with van der Waals surface area (Å²) in [7, 11) is -2.62. The molecule has 0 saturated carbocycles. The molecule has 0 radical (unpaired) electrons. The molecule has 1 amide bonds. The van der Waals surface area contributed by atoms with Gasteiger partial charge in [0.1, 0.15) is 5.82 Å². The molecule has 1 aromatic carbocycles. The number of benzene rings is 1. The fourth-order valence-electron chi connectivity index (χ4n) is 1.55. The van der Waals surface area contributed by atoms with Crippen LogP contribution >= 0.6 is 0 Å². The minimum Gasteiger partial charge on any atom is -0.358 e. The van der Waals surface area contributed by atoms with Crippen molar-refractivity contribution in [3.05, 3.63) is 29.6 Å². The standard InChI is InChI=1S/C13H16FN3O3S/c1-9(13(18)16-2)17-21(19,20)12-6-5-11(14)8-10(12)4-3-7-15/h5-6,8-9,17H,7,15H2,1-2H3,(H,16,18). The molecule has 1 unspecified atom stereocenters. The summed E-state index contributed by atoms with van der Waals surface area (Å²) in [5.41, 5.74) is 5.21. The van der Waals surface area contributed by atoms with Crippen molar-refractivity contribution in [3.63, 3.8) is 0 Å². The maximum absolute atomic E-state index is 13.2. The van der Waals surface area contributed by atoms with E-state index in [9.17, 15) is 17.6 Å². The molecule has 0 fully saturated rings. The molecule has 0 aromatic heterocycles. The van der Waals surface area contributed by atoms with Gasteiger partial charge >= 0.3 is 0 Å². The Labute approximate surface area is 123 Å². The number of halogens is 1. The Morgan fingerprint density at radius 1 is 1.48 bits per heavy atom. The number of nitrogens with one attached hydrogen (secondary N) is 2. The summed E-state index contributed by atoms with van der Waals surface area (Å²) in [5.74, 6) is 3.87. The van der Waals surface area contributed by atoms with Crippen molar-refractivity contribution in [3.8, 4) is 11.8 Å². The lowest BCUT2D eigenvalue weighted by Crippen LogP contribution is -2.43. The van der Waals surface area contributed by atoms with Gasteiger partial charge in [-0.05, 0) is 25.1 Å². The van der Waals surface area contributed by atoms with Gasteiger partial charge in [-0.3, -0.25) is 4.79 Å². The van der Waals surface area contributed by atoms with Crippen LogP contribution in [0.4, 0.5) is 4.39 Å². The zero-order valence-electron chi connectivity index (χ0n) is 11.6. The van der Waals surface area contributed by atoms with Crippen LogP contribution in [-0.4, -0.2) is 34.0 Å². The SMILES string of the molecule is CNC(=O)C(C)NS(=O)(=O)c1ccc(F)cc1C#CCN. The van der Waals surface area contributed by atoms with Crippen LogP contribution in [0.5, 0.6) is 0 Å². The topological polar surface area (TPSA) is 101 Å². The van der Waals surface area contributed by atoms with E-state index in [4.69, 9.17) is 5.73 Å². The normalized spacial score (nSPS) is 12.2. The molecule has 1 aromatic rings. The Bertz CT molecular complexity index is 692. The van der Waals surface area contributed by atoms with Gasteiger partial charge in [-0.1, -0.05) is 11.8 Å². The van der Waals surface area contributed by atoms with Gasteiger partial charge < -0.3 is 11.1 Å². The number of carbonyl (C=O) groups is 1. The first-order chi connectivity index (χ1) is 9.81. The van der Waals surface area contributed by atoms with Gasteiger partial charge in [0.2, 0.25) is 15.9 Å². The third-order valence-corrected chi connectivity index (χ3v) is 4.13. The molecule has 0 aliphatic carbocycles. The summed E-state index contributed by atoms with van der Waals surface area (Å²) in [6, 6.07) is 2.13. The van der Waals surface area contributed by atoms with E-state index in [1.807, 2.05) is 0 Å². The molecule has 0 aliphatic rings. The third kappa shape index (κ3) is 4.53. The first-order valence-electron chi connectivity index (χ1n) is 6.04. The number of hydrogen-bond acceptors (Lipinski definition) is 4. The average Bonchev–Trinajstić information content (AvgIpc) is 2.43. The van der Waals surface area contributed by atoms with Gasteiger partial charge in [0.15, 0.2) is 0 Å².